The summed E-state index contributed by atoms with van der Waals surface area (Å²) in [5.41, 5.74) is 0. The van der Waals surface area contributed by atoms with Crippen LogP contribution in [0.15, 0.2) is 17.6 Å². The molecule has 0 aliphatic heterocycles. The van der Waals surface area contributed by atoms with Crippen molar-refractivity contribution in [3.8, 4) is 0 Å². The lowest BCUT2D eigenvalue weighted by molar-refractivity contribution is -0.173. The van der Waals surface area contributed by atoms with E-state index in [0.717, 1.165) is 0 Å². The number of aliphatic imine (C=N–C) groups is 1. The van der Waals surface area contributed by atoms with Crippen molar-refractivity contribution in [2.45, 2.75) is 19.5 Å². The lowest BCUT2D eigenvalue weighted by Gasteiger charge is -2.09. The number of hydrogen-bond donors (Lipinski definition) is 2. The van der Waals surface area contributed by atoms with Gasteiger partial charge in [-0.1, -0.05) is 6.08 Å². The number of hydrogen-bond acceptors (Lipinski definition) is 2. The van der Waals surface area contributed by atoms with Crippen LogP contribution in [0.25, 0.3) is 0 Å². The van der Waals surface area contributed by atoms with Gasteiger partial charge in [0.15, 0.2) is 5.96 Å². The average Bonchev–Trinajstić information content (AvgIpc) is 2.29. The maximum Gasteiger partial charge on any atom is 0.411 e. The minimum absolute atomic E-state index is 0.0455. The highest BCUT2D eigenvalue weighted by Crippen LogP contribution is 2.14. The van der Waals surface area contributed by atoms with Crippen molar-refractivity contribution in [3.05, 3.63) is 12.7 Å². The second-order valence-corrected chi connectivity index (χ2v) is 3.45. The monoisotopic (exact) mass is 267 g/mol. The Bertz CT molecular complexity index is 254. The molecule has 4 nitrogen and oxygen atoms in total. The van der Waals surface area contributed by atoms with Crippen LogP contribution in [0.1, 0.15) is 13.3 Å². The maximum absolute atomic E-state index is 11.8. The molecule has 2 N–H and O–H groups in total. The number of guanidine groups is 1. The summed E-state index contributed by atoms with van der Waals surface area (Å²) < 4.78 is 39.7. The first-order valence-electron chi connectivity index (χ1n) is 5.77. The highest BCUT2D eigenvalue weighted by Gasteiger charge is 2.27. The summed E-state index contributed by atoms with van der Waals surface area (Å²) in [5.74, 6) is 0.619. The molecule has 0 aromatic rings. The summed E-state index contributed by atoms with van der Waals surface area (Å²) in [7, 11) is 0. The van der Waals surface area contributed by atoms with Gasteiger partial charge in [0, 0.05) is 26.2 Å². The first kappa shape index (κ1) is 16.8. The number of nitrogens with zero attached hydrogens (tertiary/aromatic N) is 1. The summed E-state index contributed by atoms with van der Waals surface area (Å²) in [5, 5.41) is 5.99. The van der Waals surface area contributed by atoms with Crippen LogP contribution in [-0.4, -0.2) is 45.0 Å². The zero-order valence-corrected chi connectivity index (χ0v) is 10.5. The largest absolute Gasteiger partial charge is 0.411 e. The van der Waals surface area contributed by atoms with Crippen molar-refractivity contribution < 1.29 is 17.9 Å². The highest BCUT2D eigenvalue weighted by atomic mass is 19.4. The van der Waals surface area contributed by atoms with E-state index in [1.54, 1.807) is 6.08 Å². The fourth-order valence-electron chi connectivity index (χ4n) is 1.06. The number of rotatable bonds is 8. The SMILES string of the molecule is C=CCNC(=NCCCOCC(F)(F)F)NCC. The van der Waals surface area contributed by atoms with Gasteiger partial charge in [-0.2, -0.15) is 13.2 Å². The van der Waals surface area contributed by atoms with E-state index in [1.807, 2.05) is 6.92 Å². The third kappa shape index (κ3) is 11.3. The molecule has 0 spiro atoms. The Morgan fingerprint density at radius 2 is 2.11 bits per heavy atom. The fraction of sp³-hybridized carbons (Fsp3) is 0.727. The van der Waals surface area contributed by atoms with Crippen LogP contribution in [0.2, 0.25) is 0 Å². The van der Waals surface area contributed by atoms with Gasteiger partial charge in [0.05, 0.1) is 0 Å². The Hall–Kier alpha value is -1.24. The van der Waals surface area contributed by atoms with Crippen LogP contribution in [0.3, 0.4) is 0 Å². The topological polar surface area (TPSA) is 45.7 Å². The van der Waals surface area contributed by atoms with Gasteiger partial charge in [-0.05, 0) is 13.3 Å². The Morgan fingerprint density at radius 1 is 1.39 bits per heavy atom. The van der Waals surface area contributed by atoms with Gasteiger partial charge >= 0.3 is 6.18 Å². The molecule has 0 aromatic heterocycles. The Kier molecular flexibility index (Phi) is 9.08. The quantitative estimate of drug-likeness (QED) is 0.304. The standard InChI is InChI=1S/C11H20F3N3O/c1-3-6-16-10(15-4-2)17-7-5-8-18-9-11(12,13)14/h3H,1,4-9H2,2H3,(H2,15,16,17). The lowest BCUT2D eigenvalue weighted by Crippen LogP contribution is -2.37. The van der Waals surface area contributed by atoms with Crippen LogP contribution >= 0.6 is 0 Å². The molecule has 0 atom stereocenters. The summed E-state index contributed by atoms with van der Waals surface area (Å²) in [4.78, 5) is 4.17. The van der Waals surface area contributed by atoms with Crippen LogP contribution in [0, 0.1) is 0 Å². The van der Waals surface area contributed by atoms with Crippen LogP contribution in [0.4, 0.5) is 13.2 Å². The van der Waals surface area contributed by atoms with Gasteiger partial charge in [-0.3, -0.25) is 4.99 Å². The molecule has 0 aliphatic carbocycles. The molecule has 0 bridgehead atoms. The van der Waals surface area contributed by atoms with E-state index >= 15 is 0 Å². The van der Waals surface area contributed by atoms with Crippen LogP contribution < -0.4 is 10.6 Å². The van der Waals surface area contributed by atoms with Gasteiger partial charge < -0.3 is 15.4 Å². The van der Waals surface area contributed by atoms with Crippen molar-refractivity contribution in [2.75, 3.05) is 32.8 Å². The minimum Gasteiger partial charge on any atom is -0.372 e. The molecule has 0 heterocycles. The lowest BCUT2D eigenvalue weighted by atomic mass is 10.4. The average molecular weight is 267 g/mol. The molecule has 0 radical (unpaired) electrons. The van der Waals surface area contributed by atoms with E-state index in [0.29, 0.717) is 32.0 Å². The summed E-state index contributed by atoms with van der Waals surface area (Å²) in [6.45, 7) is 6.04. The molecule has 0 fully saturated rings. The predicted molar refractivity (Wildman–Crippen MR) is 65.7 cm³/mol. The van der Waals surface area contributed by atoms with Gasteiger partial charge in [0.25, 0.3) is 0 Å². The normalized spacial score (nSPS) is 12.3. The van der Waals surface area contributed by atoms with E-state index in [4.69, 9.17) is 0 Å². The number of nitrogens with one attached hydrogen (secondary N) is 2. The maximum atomic E-state index is 11.8. The highest BCUT2D eigenvalue weighted by molar-refractivity contribution is 5.79. The summed E-state index contributed by atoms with van der Waals surface area (Å²) >= 11 is 0. The smallest absolute Gasteiger partial charge is 0.372 e. The Balaban J connectivity index is 3.71. The second-order valence-electron chi connectivity index (χ2n) is 3.45. The molecule has 0 aromatic carbocycles. The molecule has 0 aliphatic rings. The molecule has 106 valence electrons. The van der Waals surface area contributed by atoms with Crippen LogP contribution in [-0.2, 0) is 4.74 Å². The zero-order valence-electron chi connectivity index (χ0n) is 10.5. The van der Waals surface area contributed by atoms with E-state index in [1.165, 1.54) is 0 Å². The molecule has 0 saturated carbocycles. The van der Waals surface area contributed by atoms with Crippen molar-refractivity contribution in [1.82, 2.24) is 10.6 Å². The summed E-state index contributed by atoms with van der Waals surface area (Å²) in [6.07, 6.45) is -2.12. The zero-order chi connectivity index (χ0) is 13.9. The van der Waals surface area contributed by atoms with Crippen LogP contribution in [0.5, 0.6) is 0 Å². The minimum atomic E-state index is -4.26. The molecular weight excluding hydrogens is 247 g/mol. The molecule has 18 heavy (non-hydrogen) atoms. The fourth-order valence-corrected chi connectivity index (χ4v) is 1.06. The van der Waals surface area contributed by atoms with Crippen molar-refractivity contribution in [3.63, 3.8) is 0 Å². The molecule has 7 heteroatoms. The van der Waals surface area contributed by atoms with E-state index < -0.39 is 12.8 Å². The van der Waals surface area contributed by atoms with Crippen molar-refractivity contribution >= 4 is 5.96 Å². The third-order valence-electron chi connectivity index (χ3n) is 1.74. The second kappa shape index (κ2) is 9.76. The van der Waals surface area contributed by atoms with E-state index in [9.17, 15) is 13.2 Å². The number of ether oxygens (including phenoxy) is 1. The van der Waals surface area contributed by atoms with Gasteiger partial charge in [0.2, 0.25) is 0 Å². The Morgan fingerprint density at radius 3 is 2.67 bits per heavy atom. The van der Waals surface area contributed by atoms with E-state index in [2.05, 4.69) is 26.9 Å². The molecule has 0 unspecified atom stereocenters. The molecular formula is C11H20F3N3O. The third-order valence-corrected chi connectivity index (χ3v) is 1.74. The van der Waals surface area contributed by atoms with Gasteiger partial charge in [-0.15, -0.1) is 6.58 Å². The van der Waals surface area contributed by atoms with Gasteiger partial charge in [0.1, 0.15) is 6.61 Å². The van der Waals surface area contributed by atoms with E-state index in [-0.39, 0.29) is 6.61 Å². The molecule has 0 rings (SSSR count). The first-order valence-corrected chi connectivity index (χ1v) is 5.77. The van der Waals surface area contributed by atoms with Crippen molar-refractivity contribution in [2.24, 2.45) is 4.99 Å². The molecule has 0 amide bonds. The number of halogens is 3. The first-order chi connectivity index (χ1) is 8.49. The molecule has 0 saturated heterocycles. The van der Waals surface area contributed by atoms with Gasteiger partial charge in [-0.25, -0.2) is 0 Å². The summed E-state index contributed by atoms with van der Waals surface area (Å²) in [6, 6.07) is 0. The predicted octanol–water partition coefficient (Wildman–Crippen LogP) is 1.70. The van der Waals surface area contributed by atoms with Crippen molar-refractivity contribution in [1.29, 1.82) is 0 Å². The Labute approximate surface area is 105 Å². The number of alkyl halides is 3.